The number of hydrogen-bond donors (Lipinski definition) is 1. The molecule has 1 aliphatic rings. The first kappa shape index (κ1) is 25.4. The second kappa shape index (κ2) is 10.8. The Hall–Kier alpha value is -3.22. The van der Waals surface area contributed by atoms with E-state index in [1.165, 1.54) is 6.20 Å². The van der Waals surface area contributed by atoms with Gasteiger partial charge in [0.25, 0.3) is 5.56 Å². The predicted octanol–water partition coefficient (Wildman–Crippen LogP) is 1.33. The Labute approximate surface area is 194 Å². The number of nitrogens with zero attached hydrogens (tertiary/aromatic N) is 6. The minimum absolute atomic E-state index is 0.00282. The number of carbonyl (C=O) groups is 1. The summed E-state index contributed by atoms with van der Waals surface area (Å²) < 4.78 is 43.8. The van der Waals surface area contributed by atoms with E-state index in [1.54, 1.807) is 16.7 Å². The zero-order valence-electron chi connectivity index (χ0n) is 19.3. The Bertz CT molecular complexity index is 1020. The minimum atomic E-state index is -4.47. The van der Waals surface area contributed by atoms with Crippen LogP contribution in [-0.4, -0.2) is 88.3 Å². The van der Waals surface area contributed by atoms with Crippen molar-refractivity contribution >= 4 is 11.9 Å². The van der Waals surface area contributed by atoms with Gasteiger partial charge in [0.2, 0.25) is 11.9 Å². The lowest BCUT2D eigenvalue weighted by Gasteiger charge is -2.35. The van der Waals surface area contributed by atoms with E-state index in [2.05, 4.69) is 20.2 Å². The van der Waals surface area contributed by atoms with Gasteiger partial charge >= 0.3 is 6.18 Å². The highest BCUT2D eigenvalue weighted by Gasteiger charge is 2.32. The number of rotatable bonds is 8. The van der Waals surface area contributed by atoms with Crippen LogP contribution in [0.4, 0.5) is 19.1 Å². The van der Waals surface area contributed by atoms with E-state index in [4.69, 9.17) is 4.74 Å². The molecule has 1 atom stereocenters. The average molecular weight is 483 g/mol. The molecule has 13 heteroatoms. The Balaban J connectivity index is 1.40. The van der Waals surface area contributed by atoms with Gasteiger partial charge in [-0.2, -0.15) is 18.3 Å². The zero-order chi connectivity index (χ0) is 24.9. The van der Waals surface area contributed by atoms with Crippen LogP contribution >= 0.6 is 0 Å². The van der Waals surface area contributed by atoms with E-state index in [-0.39, 0.29) is 23.5 Å². The number of anilines is 1. The molecule has 2 aromatic heterocycles. The van der Waals surface area contributed by atoms with Crippen LogP contribution in [0.25, 0.3) is 0 Å². The highest BCUT2D eigenvalue weighted by molar-refractivity contribution is 5.76. The lowest BCUT2D eigenvalue weighted by atomic mass is 10.2. The third-order valence-electron chi connectivity index (χ3n) is 5.54. The molecule has 0 unspecified atom stereocenters. The van der Waals surface area contributed by atoms with Crippen molar-refractivity contribution in [1.82, 2.24) is 30.0 Å². The Morgan fingerprint density at radius 1 is 1.21 bits per heavy atom. The second-order valence-corrected chi connectivity index (χ2v) is 8.27. The van der Waals surface area contributed by atoms with Gasteiger partial charge in [-0.25, -0.2) is 15.1 Å². The van der Waals surface area contributed by atoms with Crippen molar-refractivity contribution in [2.24, 2.45) is 0 Å². The number of aromatic nitrogens is 4. The van der Waals surface area contributed by atoms with Crippen molar-refractivity contribution in [3.8, 4) is 5.75 Å². The molecular weight excluding hydrogens is 455 g/mol. The molecule has 1 N–H and O–H groups in total. The van der Waals surface area contributed by atoms with E-state index >= 15 is 0 Å². The van der Waals surface area contributed by atoms with E-state index in [9.17, 15) is 22.8 Å². The van der Waals surface area contributed by atoms with Gasteiger partial charge in [0.1, 0.15) is 11.9 Å². The Morgan fingerprint density at radius 2 is 1.85 bits per heavy atom. The maximum atomic E-state index is 12.7. The first-order valence-electron chi connectivity index (χ1n) is 10.9. The summed E-state index contributed by atoms with van der Waals surface area (Å²) in [6.07, 6.45) is -1.35. The van der Waals surface area contributed by atoms with Crippen molar-refractivity contribution < 1.29 is 22.7 Å². The van der Waals surface area contributed by atoms with E-state index in [0.717, 1.165) is 12.4 Å². The first-order chi connectivity index (χ1) is 16.0. The van der Waals surface area contributed by atoms with Gasteiger partial charge in [-0.1, -0.05) is 0 Å². The Kier molecular flexibility index (Phi) is 8.07. The Morgan fingerprint density at radius 3 is 2.47 bits per heavy atom. The van der Waals surface area contributed by atoms with Crippen molar-refractivity contribution in [2.45, 2.75) is 32.5 Å². The number of H-pyrrole nitrogens is 1. The summed E-state index contributed by atoms with van der Waals surface area (Å²) in [4.78, 5) is 37.3. The third kappa shape index (κ3) is 6.65. The van der Waals surface area contributed by atoms with Crippen LogP contribution in [0.15, 0.2) is 23.4 Å². The van der Waals surface area contributed by atoms with E-state index in [0.29, 0.717) is 57.0 Å². The molecule has 3 rings (SSSR count). The fourth-order valence-electron chi connectivity index (χ4n) is 3.58. The number of amides is 1. The summed E-state index contributed by atoms with van der Waals surface area (Å²) >= 11 is 0. The number of likely N-dealkylation sites (N-methyl/N-ethyl adjacent to an activating group) is 1. The van der Waals surface area contributed by atoms with Crippen LogP contribution in [0.1, 0.15) is 24.5 Å². The van der Waals surface area contributed by atoms with Crippen LogP contribution in [0, 0.1) is 6.92 Å². The van der Waals surface area contributed by atoms with Gasteiger partial charge in [0.05, 0.1) is 17.3 Å². The van der Waals surface area contributed by atoms with Crippen molar-refractivity contribution in [3.05, 3.63) is 40.1 Å². The molecule has 1 amide bonds. The summed E-state index contributed by atoms with van der Waals surface area (Å²) in [5.41, 5.74) is -0.729. The number of halogens is 3. The summed E-state index contributed by atoms with van der Waals surface area (Å²) in [5.74, 6) is 0.651. The topological polar surface area (TPSA) is 108 Å². The van der Waals surface area contributed by atoms with Crippen molar-refractivity contribution in [3.63, 3.8) is 0 Å². The van der Waals surface area contributed by atoms with E-state index < -0.39 is 11.7 Å². The molecule has 0 radical (unpaired) electrons. The number of nitrogens with one attached hydrogen (secondary N) is 1. The summed E-state index contributed by atoms with van der Waals surface area (Å²) in [7, 11) is 1.88. The van der Waals surface area contributed by atoms with E-state index in [1.807, 2.05) is 18.9 Å². The van der Waals surface area contributed by atoms with Gasteiger partial charge in [-0.15, -0.1) is 0 Å². The number of carbonyl (C=O) groups excluding carboxylic acids is 1. The average Bonchev–Trinajstić information content (AvgIpc) is 2.80. The highest BCUT2D eigenvalue weighted by atomic mass is 19.4. The lowest BCUT2D eigenvalue weighted by Crippen LogP contribution is -2.49. The normalized spacial score (nSPS) is 15.5. The number of hydrogen-bond acceptors (Lipinski definition) is 8. The minimum Gasteiger partial charge on any atom is -0.487 e. The monoisotopic (exact) mass is 483 g/mol. The zero-order valence-corrected chi connectivity index (χ0v) is 19.3. The summed E-state index contributed by atoms with van der Waals surface area (Å²) in [5, 5.41) is 6.09. The van der Waals surface area contributed by atoms with Crippen LogP contribution in [0.2, 0.25) is 0 Å². The largest absolute Gasteiger partial charge is 0.487 e. The second-order valence-electron chi connectivity index (χ2n) is 8.27. The molecule has 0 aromatic carbocycles. The predicted molar refractivity (Wildman–Crippen MR) is 118 cm³/mol. The van der Waals surface area contributed by atoms with Gasteiger partial charge in [-0.05, 0) is 20.9 Å². The molecular formula is C21H28F3N7O3. The van der Waals surface area contributed by atoms with Gasteiger partial charge in [0, 0.05) is 58.1 Å². The molecule has 3 heterocycles. The number of ether oxygens (including phenoxy) is 1. The molecule has 1 fully saturated rings. The molecule has 1 aliphatic heterocycles. The third-order valence-corrected chi connectivity index (χ3v) is 5.54. The molecule has 2 aromatic rings. The van der Waals surface area contributed by atoms with Crippen molar-refractivity contribution in [2.75, 3.05) is 51.2 Å². The maximum Gasteiger partial charge on any atom is 0.419 e. The van der Waals surface area contributed by atoms with Crippen LogP contribution in [0.5, 0.6) is 5.75 Å². The summed E-state index contributed by atoms with van der Waals surface area (Å²) in [6.45, 7) is 6.40. The quantitative estimate of drug-likeness (QED) is 0.599. The fraction of sp³-hybridized carbons (Fsp3) is 0.571. The van der Waals surface area contributed by atoms with Crippen LogP contribution in [0.3, 0.4) is 0 Å². The maximum absolute atomic E-state index is 12.7. The standard InChI is InChI=1S/C21H28F3N7O3/c1-14(34-17-12-27-28-19(33)15(17)2)13-29(3)5-4-18(32)30-6-8-31(9-7-30)20-25-10-16(11-26-20)21(22,23)24/h10-12,14H,4-9,13H2,1-3H3,(H,28,33)/t14-/m0/s1. The SMILES string of the molecule is Cc1c(O[C@@H](C)CN(C)CCC(=O)N2CCN(c3ncc(C(F)(F)F)cn3)CC2)cn[nH]c1=O. The van der Waals surface area contributed by atoms with Gasteiger partial charge in [0.15, 0.2) is 0 Å². The fourth-order valence-corrected chi connectivity index (χ4v) is 3.58. The smallest absolute Gasteiger partial charge is 0.419 e. The molecule has 186 valence electrons. The molecule has 0 saturated carbocycles. The summed E-state index contributed by atoms with van der Waals surface area (Å²) in [6, 6.07) is 0. The van der Waals surface area contributed by atoms with Crippen LogP contribution in [-0.2, 0) is 11.0 Å². The first-order valence-corrected chi connectivity index (χ1v) is 10.9. The lowest BCUT2D eigenvalue weighted by molar-refractivity contribution is -0.138. The molecule has 34 heavy (non-hydrogen) atoms. The molecule has 10 nitrogen and oxygen atoms in total. The molecule has 0 aliphatic carbocycles. The van der Waals surface area contributed by atoms with Crippen molar-refractivity contribution in [1.29, 1.82) is 0 Å². The van der Waals surface area contributed by atoms with Crippen LogP contribution < -0.4 is 15.2 Å². The number of aromatic amines is 1. The van der Waals surface area contributed by atoms with Gasteiger partial charge in [-0.3, -0.25) is 9.59 Å². The molecule has 0 bridgehead atoms. The number of piperazine rings is 1. The number of alkyl halides is 3. The van der Waals surface area contributed by atoms with Gasteiger partial charge < -0.3 is 19.4 Å². The highest BCUT2D eigenvalue weighted by Crippen LogP contribution is 2.28. The molecule has 1 saturated heterocycles. The molecule has 0 spiro atoms.